The van der Waals surface area contributed by atoms with E-state index in [1.807, 2.05) is 25.1 Å². The Balaban J connectivity index is 2.21. The van der Waals surface area contributed by atoms with E-state index in [1.165, 1.54) is 0 Å². The summed E-state index contributed by atoms with van der Waals surface area (Å²) < 4.78 is 0. The lowest BCUT2D eigenvalue weighted by molar-refractivity contribution is 0.0935. The smallest absolute Gasteiger partial charge is 0.252 e. The molecule has 3 nitrogen and oxygen atoms in total. The second-order valence-electron chi connectivity index (χ2n) is 4.53. The Morgan fingerprint density at radius 1 is 1.47 bits per heavy atom. The Hall–Kier alpha value is -1.51. The lowest BCUT2D eigenvalue weighted by Crippen LogP contribution is -2.34. The van der Waals surface area contributed by atoms with Crippen LogP contribution in [0, 0.1) is 6.92 Å². The van der Waals surface area contributed by atoms with Gasteiger partial charge in [0.25, 0.3) is 5.91 Å². The normalized spacial score (nSPS) is 17.2. The van der Waals surface area contributed by atoms with E-state index in [9.17, 15) is 4.79 Å². The monoisotopic (exact) mass is 204 g/mol. The second kappa shape index (κ2) is 3.26. The topological polar surface area (TPSA) is 55.1 Å². The molecule has 0 heterocycles. The van der Waals surface area contributed by atoms with Gasteiger partial charge in [0.05, 0.1) is 0 Å². The number of nitrogens with one attached hydrogen (secondary N) is 1. The van der Waals surface area contributed by atoms with Crippen molar-refractivity contribution in [2.75, 3.05) is 5.73 Å². The van der Waals surface area contributed by atoms with Gasteiger partial charge in [-0.15, -0.1) is 0 Å². The minimum atomic E-state index is -0.0141. The van der Waals surface area contributed by atoms with Gasteiger partial charge in [0.1, 0.15) is 0 Å². The van der Waals surface area contributed by atoms with Gasteiger partial charge in [0, 0.05) is 16.8 Å². The molecule has 0 aliphatic heterocycles. The fourth-order valence-corrected chi connectivity index (χ4v) is 1.55. The van der Waals surface area contributed by atoms with E-state index in [4.69, 9.17) is 5.73 Å². The van der Waals surface area contributed by atoms with Gasteiger partial charge in [-0.2, -0.15) is 0 Å². The zero-order valence-electron chi connectivity index (χ0n) is 9.13. The van der Waals surface area contributed by atoms with Gasteiger partial charge in [-0.25, -0.2) is 0 Å². The first-order chi connectivity index (χ1) is 7.02. The molecule has 0 saturated heterocycles. The largest absolute Gasteiger partial charge is 0.398 e. The Kier molecular flexibility index (Phi) is 2.18. The summed E-state index contributed by atoms with van der Waals surface area (Å²) in [5.74, 6) is -0.0141. The summed E-state index contributed by atoms with van der Waals surface area (Å²) in [4.78, 5) is 11.9. The number of nitrogen functional groups attached to an aromatic ring is 1. The number of anilines is 1. The summed E-state index contributed by atoms with van der Waals surface area (Å²) in [5.41, 5.74) is 7.99. The molecule has 0 atom stereocenters. The third-order valence-corrected chi connectivity index (χ3v) is 3.04. The van der Waals surface area contributed by atoms with Crippen LogP contribution in [0.5, 0.6) is 0 Å². The standard InChI is InChI=1S/C12H16N2O/c1-8-9(4-3-5-10(8)13)11(15)14-12(2)6-7-12/h3-5H,6-7,13H2,1-2H3,(H,14,15). The summed E-state index contributed by atoms with van der Waals surface area (Å²) in [6.07, 6.45) is 2.14. The molecule has 0 bridgehead atoms. The minimum absolute atomic E-state index is 0.0141. The molecule has 2 rings (SSSR count). The summed E-state index contributed by atoms with van der Waals surface area (Å²) in [5, 5.41) is 3.02. The molecule has 1 saturated carbocycles. The summed E-state index contributed by atoms with van der Waals surface area (Å²) in [7, 11) is 0. The molecule has 0 radical (unpaired) electrons. The highest BCUT2D eigenvalue weighted by Gasteiger charge is 2.38. The lowest BCUT2D eigenvalue weighted by atomic mass is 10.1. The Labute approximate surface area is 89.7 Å². The molecule has 80 valence electrons. The summed E-state index contributed by atoms with van der Waals surface area (Å²) in [6.45, 7) is 3.94. The van der Waals surface area contributed by atoms with E-state index >= 15 is 0 Å². The highest BCUT2D eigenvalue weighted by Crippen LogP contribution is 2.34. The van der Waals surface area contributed by atoms with Crippen molar-refractivity contribution in [3.8, 4) is 0 Å². The predicted octanol–water partition coefficient (Wildman–Crippen LogP) is 1.86. The maximum Gasteiger partial charge on any atom is 0.252 e. The predicted molar refractivity (Wildman–Crippen MR) is 60.7 cm³/mol. The fourth-order valence-electron chi connectivity index (χ4n) is 1.55. The molecule has 0 unspecified atom stereocenters. The molecule has 0 aromatic heterocycles. The molecule has 15 heavy (non-hydrogen) atoms. The molecule has 3 heteroatoms. The van der Waals surface area contributed by atoms with Crippen LogP contribution in [0.25, 0.3) is 0 Å². The van der Waals surface area contributed by atoms with Crippen LogP contribution >= 0.6 is 0 Å². The van der Waals surface area contributed by atoms with E-state index in [0.29, 0.717) is 11.3 Å². The van der Waals surface area contributed by atoms with E-state index < -0.39 is 0 Å². The van der Waals surface area contributed by atoms with Crippen molar-refractivity contribution in [1.82, 2.24) is 5.32 Å². The van der Waals surface area contributed by atoms with Gasteiger partial charge in [-0.05, 0) is 44.4 Å². The van der Waals surface area contributed by atoms with E-state index in [2.05, 4.69) is 12.2 Å². The zero-order valence-corrected chi connectivity index (χ0v) is 9.13. The lowest BCUT2D eigenvalue weighted by Gasteiger charge is -2.13. The Morgan fingerprint density at radius 2 is 2.13 bits per heavy atom. The number of rotatable bonds is 2. The average Bonchev–Trinajstić information content (AvgIpc) is 2.88. The third-order valence-electron chi connectivity index (χ3n) is 3.04. The van der Waals surface area contributed by atoms with Crippen LogP contribution < -0.4 is 11.1 Å². The van der Waals surface area contributed by atoms with Crippen LogP contribution in [0.1, 0.15) is 35.7 Å². The van der Waals surface area contributed by atoms with Crippen molar-refractivity contribution in [3.63, 3.8) is 0 Å². The van der Waals surface area contributed by atoms with Crippen LogP contribution in [0.3, 0.4) is 0 Å². The molecule has 3 N–H and O–H groups in total. The molecule has 1 aromatic carbocycles. The van der Waals surface area contributed by atoms with Crippen molar-refractivity contribution < 1.29 is 4.79 Å². The Bertz CT molecular complexity index is 408. The van der Waals surface area contributed by atoms with Crippen LogP contribution in [0.15, 0.2) is 18.2 Å². The van der Waals surface area contributed by atoms with Gasteiger partial charge in [0.2, 0.25) is 0 Å². The number of benzene rings is 1. The second-order valence-corrected chi connectivity index (χ2v) is 4.53. The van der Waals surface area contributed by atoms with Crippen LogP contribution in [0.2, 0.25) is 0 Å². The number of carbonyl (C=O) groups excluding carboxylic acids is 1. The van der Waals surface area contributed by atoms with Gasteiger partial charge < -0.3 is 11.1 Å². The maximum absolute atomic E-state index is 11.9. The van der Waals surface area contributed by atoms with Crippen molar-refractivity contribution in [2.24, 2.45) is 0 Å². The number of hydrogen-bond donors (Lipinski definition) is 2. The molecular formula is C12H16N2O. The van der Waals surface area contributed by atoms with E-state index in [1.54, 1.807) is 0 Å². The highest BCUT2D eigenvalue weighted by atomic mass is 16.1. The molecule has 1 aliphatic carbocycles. The van der Waals surface area contributed by atoms with Crippen LogP contribution in [-0.2, 0) is 0 Å². The third kappa shape index (κ3) is 1.96. The molecule has 1 aromatic rings. The van der Waals surface area contributed by atoms with E-state index in [0.717, 1.165) is 18.4 Å². The Morgan fingerprint density at radius 3 is 2.73 bits per heavy atom. The fraction of sp³-hybridized carbons (Fsp3) is 0.417. The van der Waals surface area contributed by atoms with Gasteiger partial charge >= 0.3 is 0 Å². The highest BCUT2D eigenvalue weighted by molar-refractivity contribution is 5.97. The minimum Gasteiger partial charge on any atom is -0.398 e. The molecule has 1 aliphatic rings. The maximum atomic E-state index is 11.9. The number of nitrogens with two attached hydrogens (primary N) is 1. The SMILES string of the molecule is Cc1c(N)cccc1C(=O)NC1(C)CC1. The molecule has 1 fully saturated rings. The van der Waals surface area contributed by atoms with Crippen molar-refractivity contribution in [3.05, 3.63) is 29.3 Å². The number of hydrogen-bond acceptors (Lipinski definition) is 2. The average molecular weight is 204 g/mol. The van der Waals surface area contributed by atoms with Crippen LogP contribution in [0.4, 0.5) is 5.69 Å². The van der Waals surface area contributed by atoms with Crippen molar-refractivity contribution in [2.45, 2.75) is 32.2 Å². The van der Waals surface area contributed by atoms with Gasteiger partial charge in [-0.1, -0.05) is 6.07 Å². The number of amides is 1. The zero-order chi connectivity index (χ0) is 11.1. The quantitative estimate of drug-likeness (QED) is 0.722. The summed E-state index contributed by atoms with van der Waals surface area (Å²) in [6, 6.07) is 5.43. The molecule has 1 amide bonds. The first kappa shape index (κ1) is 10.0. The van der Waals surface area contributed by atoms with Gasteiger partial charge in [-0.3, -0.25) is 4.79 Å². The van der Waals surface area contributed by atoms with Gasteiger partial charge in [0.15, 0.2) is 0 Å². The molecular weight excluding hydrogens is 188 g/mol. The van der Waals surface area contributed by atoms with Crippen molar-refractivity contribution >= 4 is 11.6 Å². The first-order valence-electron chi connectivity index (χ1n) is 5.19. The molecule has 0 spiro atoms. The summed E-state index contributed by atoms with van der Waals surface area (Å²) >= 11 is 0. The first-order valence-corrected chi connectivity index (χ1v) is 5.19. The number of carbonyl (C=O) groups is 1. The van der Waals surface area contributed by atoms with Crippen molar-refractivity contribution in [1.29, 1.82) is 0 Å². The van der Waals surface area contributed by atoms with E-state index in [-0.39, 0.29) is 11.4 Å². The van der Waals surface area contributed by atoms with Crippen LogP contribution in [-0.4, -0.2) is 11.4 Å².